The third-order valence-corrected chi connectivity index (χ3v) is 4.87. The Bertz CT molecular complexity index is 1150. The number of hydrogen-bond acceptors (Lipinski definition) is 5. The summed E-state index contributed by atoms with van der Waals surface area (Å²) in [4.78, 5) is 36.7. The molecule has 0 aliphatic carbocycles. The Balaban J connectivity index is 2.29. The zero-order valence-electron chi connectivity index (χ0n) is 16.3. The highest BCUT2D eigenvalue weighted by atomic mass is 35.5. The fourth-order valence-electron chi connectivity index (χ4n) is 3.03. The number of Topliss-reactive ketones (excluding diaryl/α,β-unsaturated/α-hetero) is 1. The lowest BCUT2D eigenvalue weighted by molar-refractivity contribution is -0.141. The van der Waals surface area contributed by atoms with Gasteiger partial charge in [-0.25, -0.2) is 4.68 Å². The van der Waals surface area contributed by atoms with Crippen molar-refractivity contribution in [3.8, 4) is 22.4 Å². The molecule has 0 saturated carbocycles. The zero-order valence-corrected chi connectivity index (χ0v) is 17.8. The summed E-state index contributed by atoms with van der Waals surface area (Å²) in [5.74, 6) is -0.866. The number of ketones is 1. The molecule has 0 aliphatic heterocycles. The normalized spacial score (nSPS) is 10.7. The van der Waals surface area contributed by atoms with Gasteiger partial charge in [-0.1, -0.05) is 47.5 Å². The lowest BCUT2D eigenvalue weighted by Crippen LogP contribution is -2.31. The highest BCUT2D eigenvalue weighted by molar-refractivity contribution is 6.31. The van der Waals surface area contributed by atoms with Crippen molar-refractivity contribution in [1.29, 1.82) is 0 Å². The first kappa shape index (κ1) is 21.7. The van der Waals surface area contributed by atoms with Gasteiger partial charge in [-0.05, 0) is 36.8 Å². The number of ether oxygens (including phenoxy) is 1. The van der Waals surface area contributed by atoms with Crippen LogP contribution in [-0.4, -0.2) is 28.1 Å². The quantitative estimate of drug-likeness (QED) is 0.408. The Morgan fingerprint density at radius 1 is 0.933 bits per heavy atom. The molecule has 0 unspecified atom stereocenters. The van der Waals surface area contributed by atoms with Gasteiger partial charge in [-0.15, -0.1) is 0 Å². The molecule has 0 N–H and O–H groups in total. The number of halogens is 2. The van der Waals surface area contributed by atoms with Crippen molar-refractivity contribution in [1.82, 2.24) is 9.78 Å². The molecular weight excluding hydrogens is 427 g/mol. The molecule has 154 valence electrons. The third-order valence-electron chi connectivity index (χ3n) is 4.37. The molecular formula is C22H18Cl2N2O4. The van der Waals surface area contributed by atoms with E-state index in [0.717, 1.165) is 4.68 Å². The second-order valence-electron chi connectivity index (χ2n) is 6.54. The number of aromatic nitrogens is 2. The molecule has 1 heterocycles. The van der Waals surface area contributed by atoms with E-state index in [-0.39, 0.29) is 18.7 Å². The molecule has 0 spiro atoms. The molecule has 1 aromatic heterocycles. The molecule has 3 rings (SSSR count). The lowest BCUT2D eigenvalue weighted by Gasteiger charge is -2.16. The van der Waals surface area contributed by atoms with Crippen LogP contribution < -0.4 is 5.56 Å². The van der Waals surface area contributed by atoms with Crippen molar-refractivity contribution in [2.24, 2.45) is 0 Å². The maximum atomic E-state index is 13.1. The number of esters is 1. The van der Waals surface area contributed by atoms with Crippen LogP contribution in [0, 0.1) is 0 Å². The van der Waals surface area contributed by atoms with E-state index in [9.17, 15) is 14.4 Å². The van der Waals surface area contributed by atoms with Gasteiger partial charge in [0.2, 0.25) is 0 Å². The molecule has 0 amide bonds. The molecule has 30 heavy (non-hydrogen) atoms. The fourth-order valence-corrected chi connectivity index (χ4v) is 3.28. The van der Waals surface area contributed by atoms with Crippen molar-refractivity contribution >= 4 is 35.0 Å². The average molecular weight is 445 g/mol. The number of benzene rings is 2. The standard InChI is InChI=1S/C22H18Cl2N2O4/c1-13(27)19-20(15-3-7-17(23)8-4-15)21(16-5-9-18(24)10-6-16)25-26(22(19)29)11-12-30-14(2)28/h3-10H,11-12H2,1-2H3. The average Bonchev–Trinajstić information content (AvgIpc) is 2.69. The summed E-state index contributed by atoms with van der Waals surface area (Å²) in [5, 5.41) is 5.57. The van der Waals surface area contributed by atoms with Crippen molar-refractivity contribution in [2.45, 2.75) is 20.4 Å². The lowest BCUT2D eigenvalue weighted by atomic mass is 9.94. The van der Waals surface area contributed by atoms with Crippen LogP contribution in [0.3, 0.4) is 0 Å². The summed E-state index contributed by atoms with van der Waals surface area (Å²) < 4.78 is 6.08. The van der Waals surface area contributed by atoms with Gasteiger partial charge in [0.15, 0.2) is 5.78 Å². The second kappa shape index (κ2) is 9.24. The summed E-state index contributed by atoms with van der Waals surface area (Å²) in [6.45, 7) is 2.58. The number of rotatable bonds is 6. The highest BCUT2D eigenvalue weighted by Gasteiger charge is 2.23. The maximum Gasteiger partial charge on any atom is 0.302 e. The summed E-state index contributed by atoms with van der Waals surface area (Å²) in [6.07, 6.45) is 0. The Morgan fingerprint density at radius 2 is 1.47 bits per heavy atom. The van der Waals surface area contributed by atoms with Crippen LogP contribution >= 0.6 is 23.2 Å². The summed E-state index contributed by atoms with van der Waals surface area (Å²) in [7, 11) is 0. The zero-order chi connectivity index (χ0) is 21.8. The first-order valence-electron chi connectivity index (χ1n) is 9.09. The minimum atomic E-state index is -0.558. The Kier molecular flexibility index (Phi) is 6.70. The Hall–Kier alpha value is -2.96. The summed E-state index contributed by atoms with van der Waals surface area (Å²) >= 11 is 12.0. The molecule has 0 atom stereocenters. The van der Waals surface area contributed by atoms with Crippen LogP contribution in [0.15, 0.2) is 53.3 Å². The van der Waals surface area contributed by atoms with E-state index in [2.05, 4.69) is 5.10 Å². The van der Waals surface area contributed by atoms with E-state index in [0.29, 0.717) is 32.4 Å². The van der Waals surface area contributed by atoms with Gasteiger partial charge in [0.25, 0.3) is 5.56 Å². The van der Waals surface area contributed by atoms with Crippen molar-refractivity contribution < 1.29 is 14.3 Å². The fraction of sp³-hybridized carbons (Fsp3) is 0.182. The van der Waals surface area contributed by atoms with Gasteiger partial charge in [0, 0.05) is 28.1 Å². The molecule has 8 heteroatoms. The van der Waals surface area contributed by atoms with E-state index >= 15 is 0 Å². The van der Waals surface area contributed by atoms with E-state index in [1.54, 1.807) is 48.5 Å². The molecule has 6 nitrogen and oxygen atoms in total. The van der Waals surface area contributed by atoms with E-state index in [1.165, 1.54) is 13.8 Å². The van der Waals surface area contributed by atoms with Gasteiger partial charge >= 0.3 is 5.97 Å². The van der Waals surface area contributed by atoms with Crippen molar-refractivity contribution in [3.05, 3.63) is 74.5 Å². The van der Waals surface area contributed by atoms with E-state index in [4.69, 9.17) is 27.9 Å². The minimum absolute atomic E-state index is 0.0000902. The molecule has 0 radical (unpaired) electrons. The summed E-state index contributed by atoms with van der Waals surface area (Å²) in [5.41, 5.74) is 1.59. The SMILES string of the molecule is CC(=O)OCCn1nc(-c2ccc(Cl)cc2)c(-c2ccc(Cl)cc2)c(C(C)=O)c1=O. The van der Waals surface area contributed by atoms with Gasteiger partial charge in [-0.2, -0.15) is 5.10 Å². The van der Waals surface area contributed by atoms with Gasteiger partial charge in [-0.3, -0.25) is 14.4 Å². The highest BCUT2D eigenvalue weighted by Crippen LogP contribution is 2.33. The second-order valence-corrected chi connectivity index (χ2v) is 7.41. The van der Waals surface area contributed by atoms with Crippen LogP contribution in [-0.2, 0) is 16.1 Å². The predicted octanol–water partition coefficient (Wildman–Crippen LogP) is 4.65. The topological polar surface area (TPSA) is 78.3 Å². The molecule has 0 bridgehead atoms. The van der Waals surface area contributed by atoms with Gasteiger partial charge < -0.3 is 4.74 Å². The van der Waals surface area contributed by atoms with E-state index in [1.807, 2.05) is 0 Å². The molecule has 0 aliphatic rings. The van der Waals surface area contributed by atoms with Crippen LogP contribution in [0.4, 0.5) is 0 Å². The molecule has 0 fully saturated rings. The van der Waals surface area contributed by atoms with Gasteiger partial charge in [0.05, 0.1) is 17.8 Å². The molecule has 2 aromatic carbocycles. The third kappa shape index (κ3) is 4.78. The first-order chi connectivity index (χ1) is 14.3. The molecule has 3 aromatic rings. The smallest absolute Gasteiger partial charge is 0.302 e. The maximum absolute atomic E-state index is 13.1. The summed E-state index contributed by atoms with van der Waals surface area (Å²) in [6, 6.07) is 13.7. The van der Waals surface area contributed by atoms with Crippen LogP contribution in [0.2, 0.25) is 10.0 Å². The van der Waals surface area contributed by atoms with Crippen LogP contribution in [0.5, 0.6) is 0 Å². The van der Waals surface area contributed by atoms with Gasteiger partial charge in [0.1, 0.15) is 6.61 Å². The predicted molar refractivity (Wildman–Crippen MR) is 116 cm³/mol. The number of carbonyl (C=O) groups excluding carboxylic acids is 2. The van der Waals surface area contributed by atoms with E-state index < -0.39 is 17.3 Å². The van der Waals surface area contributed by atoms with Crippen molar-refractivity contribution in [2.75, 3.05) is 6.61 Å². The minimum Gasteiger partial charge on any atom is -0.464 e. The largest absolute Gasteiger partial charge is 0.464 e. The number of hydrogen-bond donors (Lipinski definition) is 0. The Labute approximate surface area is 183 Å². The van der Waals surface area contributed by atoms with Crippen molar-refractivity contribution in [3.63, 3.8) is 0 Å². The monoisotopic (exact) mass is 444 g/mol. The number of carbonyl (C=O) groups is 2. The van der Waals surface area contributed by atoms with Crippen LogP contribution in [0.25, 0.3) is 22.4 Å². The Morgan fingerprint density at radius 3 is 1.97 bits per heavy atom. The molecule has 0 saturated heterocycles. The first-order valence-corrected chi connectivity index (χ1v) is 9.85. The van der Waals surface area contributed by atoms with Crippen LogP contribution in [0.1, 0.15) is 24.2 Å². The number of nitrogens with zero attached hydrogens (tertiary/aromatic N) is 2.